The van der Waals surface area contributed by atoms with Gasteiger partial charge in [0.2, 0.25) is 5.91 Å². The summed E-state index contributed by atoms with van der Waals surface area (Å²) in [5.41, 5.74) is 6.43. The predicted molar refractivity (Wildman–Crippen MR) is 78.8 cm³/mol. The van der Waals surface area contributed by atoms with Crippen molar-refractivity contribution in [2.24, 2.45) is 5.73 Å². The molecular formula is C15H15NO4S. The van der Waals surface area contributed by atoms with Crippen LogP contribution in [0.15, 0.2) is 53.4 Å². The zero-order chi connectivity index (χ0) is 15.5. The van der Waals surface area contributed by atoms with Gasteiger partial charge in [-0.2, -0.15) is 0 Å². The van der Waals surface area contributed by atoms with Crippen LogP contribution in [0.4, 0.5) is 0 Å². The van der Waals surface area contributed by atoms with Crippen molar-refractivity contribution in [3.05, 3.63) is 59.7 Å². The van der Waals surface area contributed by atoms with E-state index in [1.165, 1.54) is 12.1 Å². The first kappa shape index (κ1) is 15.1. The van der Waals surface area contributed by atoms with E-state index in [-0.39, 0.29) is 11.5 Å². The van der Waals surface area contributed by atoms with Crippen LogP contribution in [0.1, 0.15) is 15.9 Å². The van der Waals surface area contributed by atoms with E-state index in [2.05, 4.69) is 0 Å². The minimum absolute atomic E-state index is 0.241. The first-order valence-corrected chi connectivity index (χ1v) is 8.07. The highest BCUT2D eigenvalue weighted by Crippen LogP contribution is 2.17. The molecule has 0 unspecified atom stereocenters. The van der Waals surface area contributed by atoms with Gasteiger partial charge in [-0.05, 0) is 42.0 Å². The Balaban J connectivity index is 2.06. The Morgan fingerprint density at radius 3 is 2.38 bits per heavy atom. The Bertz CT molecular complexity index is 751. The summed E-state index contributed by atoms with van der Waals surface area (Å²) in [7, 11) is -3.21. The number of carbonyl (C=O) groups is 1. The SMILES string of the molecule is CS(=O)(=O)c1ccc(OCc2cccc(C(N)=O)c2)cc1. The second-order valence-corrected chi connectivity index (χ2v) is 6.61. The molecule has 0 aliphatic carbocycles. The second-order valence-electron chi connectivity index (χ2n) is 4.60. The lowest BCUT2D eigenvalue weighted by atomic mass is 10.1. The number of amides is 1. The lowest BCUT2D eigenvalue weighted by Gasteiger charge is -2.07. The van der Waals surface area contributed by atoms with E-state index in [9.17, 15) is 13.2 Å². The summed E-state index contributed by atoms with van der Waals surface area (Å²) in [5.74, 6) is 0.0567. The number of nitrogens with two attached hydrogens (primary N) is 1. The van der Waals surface area contributed by atoms with E-state index in [1.807, 2.05) is 6.07 Å². The molecule has 2 aromatic carbocycles. The van der Waals surface area contributed by atoms with Gasteiger partial charge in [-0.3, -0.25) is 4.79 Å². The van der Waals surface area contributed by atoms with Gasteiger partial charge in [-0.25, -0.2) is 8.42 Å². The van der Waals surface area contributed by atoms with Crippen molar-refractivity contribution in [3.8, 4) is 5.75 Å². The average Bonchev–Trinajstić information content (AvgIpc) is 2.45. The largest absolute Gasteiger partial charge is 0.489 e. The molecule has 21 heavy (non-hydrogen) atoms. The van der Waals surface area contributed by atoms with Crippen LogP contribution < -0.4 is 10.5 Å². The Kier molecular flexibility index (Phi) is 4.28. The van der Waals surface area contributed by atoms with Crippen LogP contribution >= 0.6 is 0 Å². The molecule has 2 rings (SSSR count). The summed E-state index contributed by atoms with van der Waals surface area (Å²) >= 11 is 0. The maximum Gasteiger partial charge on any atom is 0.248 e. The van der Waals surface area contributed by atoms with Gasteiger partial charge in [0.25, 0.3) is 0 Å². The number of hydrogen-bond donors (Lipinski definition) is 1. The fraction of sp³-hybridized carbons (Fsp3) is 0.133. The third-order valence-corrected chi connectivity index (χ3v) is 4.00. The molecule has 110 valence electrons. The van der Waals surface area contributed by atoms with Crippen LogP contribution in [0.5, 0.6) is 5.75 Å². The topological polar surface area (TPSA) is 86.5 Å². The van der Waals surface area contributed by atoms with Gasteiger partial charge in [0.1, 0.15) is 12.4 Å². The molecule has 0 saturated heterocycles. The monoisotopic (exact) mass is 305 g/mol. The van der Waals surface area contributed by atoms with Crippen LogP contribution in [-0.2, 0) is 16.4 Å². The number of carbonyl (C=O) groups excluding carboxylic acids is 1. The number of rotatable bonds is 5. The summed E-state index contributed by atoms with van der Waals surface area (Å²) in [4.78, 5) is 11.3. The van der Waals surface area contributed by atoms with Crippen molar-refractivity contribution in [1.82, 2.24) is 0 Å². The van der Waals surface area contributed by atoms with E-state index in [4.69, 9.17) is 10.5 Å². The molecule has 5 nitrogen and oxygen atoms in total. The van der Waals surface area contributed by atoms with Crippen LogP contribution in [0.25, 0.3) is 0 Å². The van der Waals surface area contributed by atoms with Crippen LogP contribution in [0.2, 0.25) is 0 Å². The smallest absolute Gasteiger partial charge is 0.248 e. The zero-order valence-electron chi connectivity index (χ0n) is 11.4. The van der Waals surface area contributed by atoms with Crippen LogP contribution in [0.3, 0.4) is 0 Å². The van der Waals surface area contributed by atoms with Crippen molar-refractivity contribution in [3.63, 3.8) is 0 Å². The fourth-order valence-corrected chi connectivity index (χ4v) is 2.39. The molecule has 2 aromatic rings. The van der Waals surface area contributed by atoms with Crippen LogP contribution in [0, 0.1) is 0 Å². The van der Waals surface area contributed by atoms with Crippen molar-refractivity contribution in [2.75, 3.05) is 6.26 Å². The highest BCUT2D eigenvalue weighted by molar-refractivity contribution is 7.90. The number of benzene rings is 2. The lowest BCUT2D eigenvalue weighted by molar-refractivity contribution is 0.1000. The molecule has 0 atom stereocenters. The third-order valence-electron chi connectivity index (χ3n) is 2.87. The molecule has 0 aliphatic rings. The molecule has 0 saturated carbocycles. The highest BCUT2D eigenvalue weighted by Gasteiger charge is 2.07. The second kappa shape index (κ2) is 5.97. The average molecular weight is 305 g/mol. The van der Waals surface area contributed by atoms with E-state index in [0.717, 1.165) is 11.8 Å². The summed E-state index contributed by atoms with van der Waals surface area (Å²) in [6.07, 6.45) is 1.15. The Morgan fingerprint density at radius 1 is 1.14 bits per heavy atom. The van der Waals surface area contributed by atoms with Gasteiger partial charge in [0.15, 0.2) is 9.84 Å². The summed E-state index contributed by atoms with van der Waals surface area (Å²) in [6.45, 7) is 0.263. The molecule has 0 aromatic heterocycles. The number of primary amides is 1. The standard InChI is InChI=1S/C15H15NO4S/c1-21(18,19)14-7-5-13(6-8-14)20-10-11-3-2-4-12(9-11)15(16)17/h2-9H,10H2,1H3,(H2,16,17). The quantitative estimate of drug-likeness (QED) is 0.912. The van der Waals surface area contributed by atoms with Gasteiger partial charge in [-0.15, -0.1) is 0 Å². The summed E-state index contributed by atoms with van der Waals surface area (Å²) in [6, 6.07) is 13.0. The molecular weight excluding hydrogens is 290 g/mol. The Morgan fingerprint density at radius 2 is 1.81 bits per heavy atom. The maximum absolute atomic E-state index is 11.3. The van der Waals surface area contributed by atoms with Gasteiger partial charge >= 0.3 is 0 Å². The van der Waals surface area contributed by atoms with Crippen molar-refractivity contribution < 1.29 is 17.9 Å². The lowest BCUT2D eigenvalue weighted by Crippen LogP contribution is -2.11. The van der Waals surface area contributed by atoms with E-state index in [0.29, 0.717) is 11.3 Å². The first-order chi connectivity index (χ1) is 9.86. The van der Waals surface area contributed by atoms with Gasteiger partial charge < -0.3 is 10.5 Å². The Labute approximate surface area is 123 Å². The van der Waals surface area contributed by atoms with Crippen LogP contribution in [-0.4, -0.2) is 20.6 Å². The number of ether oxygens (including phenoxy) is 1. The molecule has 6 heteroatoms. The zero-order valence-corrected chi connectivity index (χ0v) is 12.3. The molecule has 0 bridgehead atoms. The van der Waals surface area contributed by atoms with E-state index in [1.54, 1.807) is 30.3 Å². The van der Waals surface area contributed by atoms with Crippen molar-refractivity contribution in [1.29, 1.82) is 0 Å². The third kappa shape index (κ3) is 4.06. The molecule has 0 aliphatic heterocycles. The molecule has 2 N–H and O–H groups in total. The predicted octanol–water partition coefficient (Wildman–Crippen LogP) is 1.77. The number of hydrogen-bond acceptors (Lipinski definition) is 4. The fourth-order valence-electron chi connectivity index (χ4n) is 1.76. The van der Waals surface area contributed by atoms with Crippen molar-refractivity contribution in [2.45, 2.75) is 11.5 Å². The molecule has 0 spiro atoms. The van der Waals surface area contributed by atoms with E-state index < -0.39 is 15.7 Å². The van der Waals surface area contributed by atoms with E-state index >= 15 is 0 Å². The van der Waals surface area contributed by atoms with Gasteiger partial charge in [0, 0.05) is 11.8 Å². The highest BCUT2D eigenvalue weighted by atomic mass is 32.2. The molecule has 0 radical (unpaired) electrons. The normalized spacial score (nSPS) is 11.1. The molecule has 0 fully saturated rings. The summed E-state index contributed by atoms with van der Waals surface area (Å²) in [5, 5.41) is 0. The molecule has 1 amide bonds. The Hall–Kier alpha value is -2.34. The minimum Gasteiger partial charge on any atom is -0.489 e. The minimum atomic E-state index is -3.21. The molecule has 0 heterocycles. The number of sulfone groups is 1. The van der Waals surface area contributed by atoms with Gasteiger partial charge in [-0.1, -0.05) is 12.1 Å². The van der Waals surface area contributed by atoms with Gasteiger partial charge in [0.05, 0.1) is 4.90 Å². The first-order valence-electron chi connectivity index (χ1n) is 6.18. The maximum atomic E-state index is 11.3. The summed E-state index contributed by atoms with van der Waals surface area (Å²) < 4.78 is 28.2. The van der Waals surface area contributed by atoms with Crippen molar-refractivity contribution >= 4 is 15.7 Å².